The number of nitrogens with one attached hydrogen (secondary N) is 1. The van der Waals surface area contributed by atoms with Gasteiger partial charge in [-0.1, -0.05) is 30.3 Å². The summed E-state index contributed by atoms with van der Waals surface area (Å²) in [4.78, 5) is 11.2. The molecule has 1 aromatic carbocycles. The van der Waals surface area contributed by atoms with E-state index in [9.17, 15) is 13.2 Å². The zero-order valence-electron chi connectivity index (χ0n) is 10.7. The minimum Gasteiger partial charge on any atom is -0.354 e. The van der Waals surface area contributed by atoms with Crippen molar-refractivity contribution >= 4 is 28.2 Å². The van der Waals surface area contributed by atoms with Crippen molar-refractivity contribution in [2.75, 3.05) is 12.3 Å². The predicted octanol–water partition coefficient (Wildman–Crippen LogP) is 0.487. The summed E-state index contributed by atoms with van der Waals surface area (Å²) in [6, 6.07) is 8.32. The monoisotopic (exact) mass is 306 g/mol. The van der Waals surface area contributed by atoms with Crippen molar-refractivity contribution in [2.45, 2.75) is 18.7 Å². The first-order chi connectivity index (χ1) is 8.41. The lowest BCUT2D eigenvalue weighted by Crippen LogP contribution is -2.40. The summed E-state index contributed by atoms with van der Waals surface area (Å²) in [5.41, 5.74) is 6.09. The largest absolute Gasteiger partial charge is 0.354 e. The van der Waals surface area contributed by atoms with Gasteiger partial charge < -0.3 is 11.1 Å². The zero-order chi connectivity index (χ0) is 13.6. The van der Waals surface area contributed by atoms with E-state index < -0.39 is 15.9 Å². The van der Waals surface area contributed by atoms with Crippen molar-refractivity contribution in [3.63, 3.8) is 0 Å². The Morgan fingerprint density at radius 2 is 1.89 bits per heavy atom. The summed E-state index contributed by atoms with van der Waals surface area (Å²) in [5.74, 6) is -0.438. The SMILES string of the molecule is C[C@@H](N)C(=O)NCCS(=O)(=O)Cc1ccccc1.Cl. The molecule has 0 saturated carbocycles. The van der Waals surface area contributed by atoms with Crippen molar-refractivity contribution in [1.82, 2.24) is 5.32 Å². The molecule has 108 valence electrons. The maximum atomic E-state index is 11.8. The molecule has 0 aliphatic heterocycles. The molecule has 0 radical (unpaired) electrons. The number of rotatable bonds is 6. The second kappa shape index (κ2) is 8.14. The number of halogens is 1. The molecule has 0 aromatic heterocycles. The minimum atomic E-state index is -3.21. The lowest BCUT2D eigenvalue weighted by atomic mass is 10.2. The van der Waals surface area contributed by atoms with Gasteiger partial charge in [0.15, 0.2) is 9.84 Å². The van der Waals surface area contributed by atoms with Gasteiger partial charge in [-0.3, -0.25) is 4.79 Å². The van der Waals surface area contributed by atoms with Crippen LogP contribution in [0.25, 0.3) is 0 Å². The molecule has 0 aliphatic carbocycles. The van der Waals surface area contributed by atoms with Gasteiger partial charge in [-0.25, -0.2) is 8.42 Å². The summed E-state index contributed by atoms with van der Waals surface area (Å²) >= 11 is 0. The topological polar surface area (TPSA) is 89.3 Å². The van der Waals surface area contributed by atoms with Gasteiger partial charge in [-0.15, -0.1) is 12.4 Å². The van der Waals surface area contributed by atoms with E-state index in [1.165, 1.54) is 0 Å². The highest BCUT2D eigenvalue weighted by molar-refractivity contribution is 7.90. The Morgan fingerprint density at radius 1 is 1.32 bits per heavy atom. The number of carbonyl (C=O) groups is 1. The maximum absolute atomic E-state index is 11.8. The summed E-state index contributed by atoms with van der Waals surface area (Å²) in [6.07, 6.45) is 0. The Hall–Kier alpha value is -1.11. The van der Waals surface area contributed by atoms with Crippen LogP contribution in [0.3, 0.4) is 0 Å². The lowest BCUT2D eigenvalue weighted by Gasteiger charge is -2.08. The van der Waals surface area contributed by atoms with E-state index in [0.717, 1.165) is 5.56 Å². The second-order valence-corrected chi connectivity index (χ2v) is 6.34. The van der Waals surface area contributed by atoms with Crippen LogP contribution in [0.1, 0.15) is 12.5 Å². The van der Waals surface area contributed by atoms with Crippen LogP contribution in [-0.2, 0) is 20.4 Å². The Balaban J connectivity index is 0.00000324. The molecule has 0 heterocycles. The fraction of sp³-hybridized carbons (Fsp3) is 0.417. The third-order valence-electron chi connectivity index (χ3n) is 2.36. The first kappa shape index (κ1) is 17.9. The number of nitrogens with two attached hydrogens (primary N) is 1. The molecule has 7 heteroatoms. The first-order valence-corrected chi connectivity index (χ1v) is 7.50. The highest BCUT2D eigenvalue weighted by Crippen LogP contribution is 2.05. The standard InChI is InChI=1S/C12H18N2O3S.ClH/c1-10(13)12(15)14-7-8-18(16,17)9-11-5-3-2-4-6-11;/h2-6,10H,7-9,13H2,1H3,(H,14,15);1H/t10-;/m1./s1. The average Bonchev–Trinajstić information content (AvgIpc) is 2.29. The summed E-state index contributed by atoms with van der Waals surface area (Å²) in [6.45, 7) is 1.64. The van der Waals surface area contributed by atoms with Gasteiger partial charge in [0.25, 0.3) is 0 Å². The van der Waals surface area contributed by atoms with Crippen LogP contribution in [0.2, 0.25) is 0 Å². The highest BCUT2D eigenvalue weighted by atomic mass is 35.5. The van der Waals surface area contributed by atoms with Crippen LogP contribution < -0.4 is 11.1 Å². The minimum absolute atomic E-state index is 0. The average molecular weight is 307 g/mol. The lowest BCUT2D eigenvalue weighted by molar-refractivity contribution is -0.121. The Labute approximate surface area is 119 Å². The molecule has 0 bridgehead atoms. The van der Waals surface area contributed by atoms with Crippen molar-refractivity contribution < 1.29 is 13.2 Å². The van der Waals surface area contributed by atoms with E-state index in [4.69, 9.17) is 5.73 Å². The maximum Gasteiger partial charge on any atom is 0.236 e. The Morgan fingerprint density at radius 3 is 2.42 bits per heavy atom. The van der Waals surface area contributed by atoms with Gasteiger partial charge in [0, 0.05) is 6.54 Å². The molecule has 0 fully saturated rings. The molecule has 0 saturated heterocycles. The molecule has 1 atom stereocenters. The summed E-state index contributed by atoms with van der Waals surface area (Å²) in [7, 11) is -3.21. The quantitative estimate of drug-likeness (QED) is 0.800. The first-order valence-electron chi connectivity index (χ1n) is 5.68. The normalized spacial score (nSPS) is 12.3. The van der Waals surface area contributed by atoms with Crippen molar-refractivity contribution in [2.24, 2.45) is 5.73 Å². The molecule has 0 unspecified atom stereocenters. The smallest absolute Gasteiger partial charge is 0.236 e. The molecule has 0 aliphatic rings. The fourth-order valence-corrected chi connectivity index (χ4v) is 2.65. The van der Waals surface area contributed by atoms with Gasteiger partial charge in [0.2, 0.25) is 5.91 Å². The van der Waals surface area contributed by atoms with Crippen LogP contribution in [0.5, 0.6) is 0 Å². The molecular formula is C12H19ClN2O3S. The number of amides is 1. The number of hydrogen-bond donors (Lipinski definition) is 2. The van der Waals surface area contributed by atoms with Gasteiger partial charge in [-0.05, 0) is 12.5 Å². The molecule has 1 rings (SSSR count). The molecule has 1 aromatic rings. The van der Waals surface area contributed by atoms with Crippen LogP contribution in [0.4, 0.5) is 0 Å². The zero-order valence-corrected chi connectivity index (χ0v) is 12.3. The molecular weight excluding hydrogens is 288 g/mol. The van der Waals surface area contributed by atoms with Gasteiger partial charge in [0.1, 0.15) is 0 Å². The Bertz CT molecular complexity index is 489. The third kappa shape index (κ3) is 7.15. The second-order valence-electron chi connectivity index (χ2n) is 4.16. The van der Waals surface area contributed by atoms with Crippen LogP contribution in [0, 0.1) is 0 Å². The van der Waals surface area contributed by atoms with Crippen LogP contribution >= 0.6 is 12.4 Å². The fourth-order valence-electron chi connectivity index (χ4n) is 1.39. The van der Waals surface area contributed by atoms with Crippen molar-refractivity contribution in [1.29, 1.82) is 0 Å². The number of carbonyl (C=O) groups excluding carboxylic acids is 1. The molecule has 3 N–H and O–H groups in total. The van der Waals surface area contributed by atoms with Crippen molar-refractivity contribution in [3.8, 4) is 0 Å². The van der Waals surface area contributed by atoms with E-state index in [2.05, 4.69) is 5.32 Å². The highest BCUT2D eigenvalue weighted by Gasteiger charge is 2.13. The Kier molecular flexibility index (Phi) is 7.66. The molecule has 5 nitrogen and oxygen atoms in total. The van der Waals surface area contributed by atoms with E-state index in [-0.39, 0.29) is 36.4 Å². The van der Waals surface area contributed by atoms with E-state index in [1.807, 2.05) is 6.07 Å². The summed E-state index contributed by atoms with van der Waals surface area (Å²) in [5, 5.41) is 2.48. The molecule has 19 heavy (non-hydrogen) atoms. The third-order valence-corrected chi connectivity index (χ3v) is 3.95. The van der Waals surface area contributed by atoms with E-state index in [0.29, 0.717) is 0 Å². The molecule has 0 spiro atoms. The van der Waals surface area contributed by atoms with Gasteiger partial charge >= 0.3 is 0 Å². The van der Waals surface area contributed by atoms with Crippen LogP contribution in [0.15, 0.2) is 30.3 Å². The summed E-state index contributed by atoms with van der Waals surface area (Å²) < 4.78 is 23.5. The number of sulfone groups is 1. The van der Waals surface area contributed by atoms with Gasteiger partial charge in [-0.2, -0.15) is 0 Å². The number of hydrogen-bond acceptors (Lipinski definition) is 4. The molecule has 1 amide bonds. The van der Waals surface area contributed by atoms with Crippen LogP contribution in [-0.4, -0.2) is 32.7 Å². The van der Waals surface area contributed by atoms with Gasteiger partial charge in [0.05, 0.1) is 17.5 Å². The predicted molar refractivity (Wildman–Crippen MR) is 77.8 cm³/mol. The van der Waals surface area contributed by atoms with E-state index in [1.54, 1.807) is 31.2 Å². The van der Waals surface area contributed by atoms with E-state index >= 15 is 0 Å². The number of benzene rings is 1. The van der Waals surface area contributed by atoms with Crippen molar-refractivity contribution in [3.05, 3.63) is 35.9 Å².